The van der Waals surface area contributed by atoms with Crippen LogP contribution < -0.4 is 9.47 Å². The van der Waals surface area contributed by atoms with E-state index in [0.717, 1.165) is 25.9 Å². The summed E-state index contributed by atoms with van der Waals surface area (Å²) >= 11 is 0. The Morgan fingerprint density at radius 2 is 1.95 bits per heavy atom. The zero-order valence-corrected chi connectivity index (χ0v) is 12.2. The first-order valence-electron chi connectivity index (χ1n) is 6.82. The molecular weight excluding hydrogens is 274 g/mol. The maximum Gasteiger partial charge on any atom is 0.377 e. The molecular formula is C15H19NO5. The average Bonchev–Trinajstić information content (AvgIpc) is 2.49. The lowest BCUT2D eigenvalue weighted by Crippen LogP contribution is -2.36. The zero-order valence-electron chi connectivity index (χ0n) is 12.2. The fourth-order valence-electron chi connectivity index (χ4n) is 2.36. The largest absolute Gasteiger partial charge is 0.493 e. The van der Waals surface area contributed by atoms with Crippen LogP contribution in [0.5, 0.6) is 11.5 Å². The van der Waals surface area contributed by atoms with Gasteiger partial charge in [0, 0.05) is 13.1 Å². The van der Waals surface area contributed by atoms with Crippen LogP contribution in [0.3, 0.4) is 0 Å². The van der Waals surface area contributed by atoms with Gasteiger partial charge in [0.25, 0.3) is 5.78 Å². The number of methoxy groups -OCH3 is 1. The summed E-state index contributed by atoms with van der Waals surface area (Å²) in [5.41, 5.74) is 0.0285. The highest BCUT2D eigenvalue weighted by atomic mass is 16.5. The van der Waals surface area contributed by atoms with Crippen molar-refractivity contribution in [2.75, 3.05) is 27.2 Å². The molecule has 0 aromatic heterocycles. The Kier molecular flexibility index (Phi) is 4.80. The Bertz CT molecular complexity index is 535. The highest BCUT2D eigenvalue weighted by Crippen LogP contribution is 2.33. The smallest absolute Gasteiger partial charge is 0.377 e. The molecule has 0 radical (unpaired) electrons. The van der Waals surface area contributed by atoms with Crippen molar-refractivity contribution in [3.05, 3.63) is 23.8 Å². The maximum atomic E-state index is 11.8. The van der Waals surface area contributed by atoms with Crippen LogP contribution >= 0.6 is 0 Å². The summed E-state index contributed by atoms with van der Waals surface area (Å²) in [5.74, 6) is -1.89. The fraction of sp³-hybridized carbons (Fsp3) is 0.467. The molecule has 21 heavy (non-hydrogen) atoms. The topological polar surface area (TPSA) is 76.1 Å². The van der Waals surface area contributed by atoms with Crippen molar-refractivity contribution in [2.24, 2.45) is 0 Å². The number of nitrogens with zero attached hydrogens (tertiary/aromatic N) is 1. The Balaban J connectivity index is 2.27. The number of para-hydroxylation sites is 1. The third-order valence-electron chi connectivity index (χ3n) is 3.59. The molecule has 0 atom stereocenters. The van der Waals surface area contributed by atoms with Crippen LogP contribution in [-0.2, 0) is 4.79 Å². The molecule has 114 valence electrons. The molecule has 0 saturated carbocycles. The molecule has 2 rings (SSSR count). The summed E-state index contributed by atoms with van der Waals surface area (Å²) in [7, 11) is 3.50. The number of carboxylic acids is 1. The van der Waals surface area contributed by atoms with Crippen LogP contribution in [0.1, 0.15) is 23.2 Å². The lowest BCUT2D eigenvalue weighted by atomic mass is 10.1. The highest BCUT2D eigenvalue weighted by molar-refractivity contribution is 6.40. The normalized spacial score (nSPS) is 16.5. The van der Waals surface area contributed by atoms with E-state index >= 15 is 0 Å². The third kappa shape index (κ3) is 3.52. The minimum absolute atomic E-state index is 0.0285. The number of carboxylic acid groups (broad SMARTS) is 1. The van der Waals surface area contributed by atoms with Gasteiger partial charge in [-0.25, -0.2) is 4.79 Å². The van der Waals surface area contributed by atoms with E-state index in [0.29, 0.717) is 5.75 Å². The van der Waals surface area contributed by atoms with Crippen LogP contribution in [0.4, 0.5) is 0 Å². The van der Waals surface area contributed by atoms with Crippen molar-refractivity contribution in [1.29, 1.82) is 0 Å². The van der Waals surface area contributed by atoms with Gasteiger partial charge in [-0.1, -0.05) is 6.07 Å². The lowest BCUT2D eigenvalue weighted by molar-refractivity contribution is -0.131. The molecule has 1 aromatic rings. The van der Waals surface area contributed by atoms with Gasteiger partial charge in [-0.2, -0.15) is 0 Å². The van der Waals surface area contributed by atoms with Gasteiger partial charge in [-0.3, -0.25) is 4.79 Å². The number of rotatable bonds is 5. The molecule has 0 bridgehead atoms. The van der Waals surface area contributed by atoms with Crippen molar-refractivity contribution in [3.63, 3.8) is 0 Å². The van der Waals surface area contributed by atoms with Crippen LogP contribution in [0, 0.1) is 0 Å². The molecule has 0 aliphatic carbocycles. The predicted molar refractivity (Wildman–Crippen MR) is 76.1 cm³/mol. The number of hydrogen-bond acceptors (Lipinski definition) is 5. The van der Waals surface area contributed by atoms with Gasteiger partial charge in [0.15, 0.2) is 11.5 Å². The van der Waals surface area contributed by atoms with Crippen LogP contribution in [0.15, 0.2) is 18.2 Å². The van der Waals surface area contributed by atoms with E-state index in [4.69, 9.17) is 14.6 Å². The molecule has 1 heterocycles. The first-order chi connectivity index (χ1) is 10.0. The van der Waals surface area contributed by atoms with Crippen molar-refractivity contribution >= 4 is 11.8 Å². The number of benzene rings is 1. The van der Waals surface area contributed by atoms with E-state index in [-0.39, 0.29) is 17.4 Å². The lowest BCUT2D eigenvalue weighted by Gasteiger charge is -2.30. The number of ether oxygens (including phenoxy) is 2. The van der Waals surface area contributed by atoms with Crippen molar-refractivity contribution < 1.29 is 24.2 Å². The van der Waals surface area contributed by atoms with E-state index in [2.05, 4.69) is 4.90 Å². The van der Waals surface area contributed by atoms with E-state index in [9.17, 15) is 9.59 Å². The minimum Gasteiger partial charge on any atom is -0.493 e. The fourth-order valence-corrected chi connectivity index (χ4v) is 2.36. The number of aliphatic carboxylic acids is 1. The summed E-state index contributed by atoms with van der Waals surface area (Å²) < 4.78 is 11.1. The van der Waals surface area contributed by atoms with Gasteiger partial charge < -0.3 is 19.5 Å². The number of likely N-dealkylation sites (tertiary alicyclic amines) is 1. The third-order valence-corrected chi connectivity index (χ3v) is 3.59. The zero-order chi connectivity index (χ0) is 15.4. The molecule has 6 nitrogen and oxygen atoms in total. The summed E-state index contributed by atoms with van der Waals surface area (Å²) in [6.07, 6.45) is 1.61. The van der Waals surface area contributed by atoms with Gasteiger partial charge in [-0.15, -0.1) is 0 Å². The summed E-state index contributed by atoms with van der Waals surface area (Å²) in [6.45, 7) is 1.81. The molecule has 0 unspecified atom stereocenters. The quantitative estimate of drug-likeness (QED) is 0.654. The molecule has 1 aliphatic heterocycles. The Morgan fingerprint density at radius 3 is 2.52 bits per heavy atom. The molecule has 1 aliphatic rings. The van der Waals surface area contributed by atoms with Crippen LogP contribution in [0.2, 0.25) is 0 Å². The van der Waals surface area contributed by atoms with Crippen LogP contribution in [0.25, 0.3) is 0 Å². The van der Waals surface area contributed by atoms with Crippen molar-refractivity contribution in [3.8, 4) is 11.5 Å². The molecule has 1 N–H and O–H groups in total. The Hall–Kier alpha value is -2.08. The number of piperidine rings is 1. The minimum atomic E-state index is -1.50. The Morgan fingerprint density at radius 1 is 1.29 bits per heavy atom. The van der Waals surface area contributed by atoms with Gasteiger partial charge >= 0.3 is 5.97 Å². The second-order valence-corrected chi connectivity index (χ2v) is 5.09. The maximum absolute atomic E-state index is 11.8. The molecule has 6 heteroatoms. The van der Waals surface area contributed by atoms with Gasteiger partial charge in [0.05, 0.1) is 12.7 Å². The molecule has 0 spiro atoms. The number of carbonyl (C=O) groups is 2. The standard InChI is InChI=1S/C15H19NO5/c1-16-8-6-10(7-9-16)21-14-11(13(17)15(18)19)4-3-5-12(14)20-2/h3-5,10H,6-9H2,1-2H3,(H,18,19). The predicted octanol–water partition coefficient (Wildman–Crippen LogP) is 1.44. The van der Waals surface area contributed by atoms with Gasteiger partial charge in [0.2, 0.25) is 0 Å². The van der Waals surface area contributed by atoms with E-state index in [1.165, 1.54) is 13.2 Å². The van der Waals surface area contributed by atoms with Crippen molar-refractivity contribution in [2.45, 2.75) is 18.9 Å². The van der Waals surface area contributed by atoms with Gasteiger partial charge in [0.1, 0.15) is 6.10 Å². The monoisotopic (exact) mass is 293 g/mol. The van der Waals surface area contributed by atoms with E-state index in [1.807, 2.05) is 7.05 Å². The molecule has 0 amide bonds. The average molecular weight is 293 g/mol. The number of ketones is 1. The summed E-state index contributed by atoms with van der Waals surface area (Å²) in [4.78, 5) is 24.9. The first kappa shape index (κ1) is 15.3. The molecule has 1 saturated heterocycles. The van der Waals surface area contributed by atoms with Gasteiger partial charge in [-0.05, 0) is 32.0 Å². The second-order valence-electron chi connectivity index (χ2n) is 5.09. The van der Waals surface area contributed by atoms with Crippen molar-refractivity contribution in [1.82, 2.24) is 4.90 Å². The second kappa shape index (κ2) is 6.58. The number of Topliss-reactive ketones (excluding diaryl/α,β-unsaturated/α-hetero) is 1. The molecule has 1 aromatic carbocycles. The van der Waals surface area contributed by atoms with Crippen LogP contribution in [-0.4, -0.2) is 55.1 Å². The molecule has 1 fully saturated rings. The highest BCUT2D eigenvalue weighted by Gasteiger charge is 2.26. The van der Waals surface area contributed by atoms with E-state index in [1.54, 1.807) is 12.1 Å². The SMILES string of the molecule is COc1cccc(C(=O)C(=O)O)c1OC1CCN(C)CC1. The summed E-state index contributed by atoms with van der Waals surface area (Å²) in [5, 5.41) is 8.91. The number of hydrogen-bond donors (Lipinski definition) is 1. The summed E-state index contributed by atoms with van der Waals surface area (Å²) in [6, 6.07) is 4.68. The van der Waals surface area contributed by atoms with E-state index < -0.39 is 11.8 Å². The number of carbonyl (C=O) groups excluding carboxylic acids is 1. The first-order valence-corrected chi connectivity index (χ1v) is 6.82. The Labute approximate surface area is 123 Å².